The lowest BCUT2D eigenvalue weighted by atomic mass is 10.2. The first kappa shape index (κ1) is 22.5. The van der Waals surface area contributed by atoms with E-state index >= 15 is 0 Å². The van der Waals surface area contributed by atoms with Crippen LogP contribution in [0.2, 0.25) is 0 Å². The van der Waals surface area contributed by atoms with Crippen molar-refractivity contribution in [1.29, 1.82) is 0 Å². The molecule has 7 nitrogen and oxygen atoms in total. The van der Waals surface area contributed by atoms with Crippen molar-refractivity contribution >= 4 is 52.1 Å². The van der Waals surface area contributed by atoms with Gasteiger partial charge < -0.3 is 4.74 Å². The van der Waals surface area contributed by atoms with Crippen LogP contribution in [0.15, 0.2) is 59.5 Å². The zero-order valence-electron chi connectivity index (χ0n) is 16.8. The van der Waals surface area contributed by atoms with Crippen LogP contribution in [0, 0.1) is 0 Å². The summed E-state index contributed by atoms with van der Waals surface area (Å²) in [5.74, 6) is -0.222. The van der Waals surface area contributed by atoms with Gasteiger partial charge in [0.25, 0.3) is 11.8 Å². The van der Waals surface area contributed by atoms with Crippen LogP contribution < -0.4 is 15.6 Å². The summed E-state index contributed by atoms with van der Waals surface area (Å²) < 4.78 is 5.66. The number of nitrogens with one attached hydrogen (secondary N) is 2. The van der Waals surface area contributed by atoms with Gasteiger partial charge >= 0.3 is 0 Å². The van der Waals surface area contributed by atoms with Gasteiger partial charge in [-0.3, -0.25) is 30.1 Å². The molecule has 0 spiro atoms. The zero-order valence-corrected chi connectivity index (χ0v) is 18.4. The normalized spacial score (nSPS) is 14.6. The van der Waals surface area contributed by atoms with Gasteiger partial charge in [-0.25, -0.2) is 0 Å². The number of thioether (sulfide) groups is 1. The Morgan fingerprint density at radius 1 is 1.13 bits per heavy atom. The molecule has 1 heterocycles. The molecule has 160 valence electrons. The third-order valence-corrected chi connectivity index (χ3v) is 5.78. The van der Waals surface area contributed by atoms with Crippen LogP contribution in [-0.4, -0.2) is 40.6 Å². The largest absolute Gasteiger partial charge is 0.497 e. The number of amides is 3. The molecule has 31 heavy (non-hydrogen) atoms. The van der Waals surface area contributed by atoms with Gasteiger partial charge in [-0.05, 0) is 42.3 Å². The number of hydrazine groups is 1. The fourth-order valence-corrected chi connectivity index (χ4v) is 4.13. The van der Waals surface area contributed by atoms with Crippen LogP contribution in [0.25, 0.3) is 6.08 Å². The molecule has 3 rings (SSSR count). The molecule has 1 fully saturated rings. The van der Waals surface area contributed by atoms with Crippen molar-refractivity contribution in [3.8, 4) is 5.75 Å². The van der Waals surface area contributed by atoms with Crippen LogP contribution in [0.1, 0.15) is 28.8 Å². The van der Waals surface area contributed by atoms with Crippen LogP contribution in [0.4, 0.5) is 0 Å². The fraction of sp³-hybridized carbons (Fsp3) is 0.182. The summed E-state index contributed by atoms with van der Waals surface area (Å²) in [6, 6.07) is 16.0. The first-order valence-electron chi connectivity index (χ1n) is 9.51. The molecular formula is C22H21N3O4S2. The Morgan fingerprint density at radius 2 is 1.90 bits per heavy atom. The van der Waals surface area contributed by atoms with Crippen molar-refractivity contribution < 1.29 is 19.1 Å². The number of nitrogens with zero attached hydrogens (tertiary/aromatic N) is 1. The minimum Gasteiger partial charge on any atom is -0.497 e. The van der Waals surface area contributed by atoms with E-state index in [-0.39, 0.29) is 18.2 Å². The Balaban J connectivity index is 1.47. The number of ether oxygens (including phenoxy) is 1. The summed E-state index contributed by atoms with van der Waals surface area (Å²) in [7, 11) is 1.59. The van der Waals surface area contributed by atoms with Crippen LogP contribution >= 0.6 is 24.0 Å². The average Bonchev–Trinajstić information content (AvgIpc) is 3.05. The van der Waals surface area contributed by atoms with Gasteiger partial charge in [0, 0.05) is 18.5 Å². The Labute approximate surface area is 189 Å². The Hall–Kier alpha value is -3.17. The van der Waals surface area contributed by atoms with Crippen molar-refractivity contribution in [3.05, 3.63) is 70.6 Å². The molecule has 0 saturated carbocycles. The molecule has 0 atom stereocenters. The minimum atomic E-state index is -0.395. The topological polar surface area (TPSA) is 87.7 Å². The number of hydrogen-bond acceptors (Lipinski definition) is 6. The first-order valence-corrected chi connectivity index (χ1v) is 10.7. The molecule has 0 aliphatic carbocycles. The maximum absolute atomic E-state index is 12.7. The molecule has 0 radical (unpaired) electrons. The van der Waals surface area contributed by atoms with E-state index in [1.807, 2.05) is 24.3 Å². The maximum atomic E-state index is 12.7. The summed E-state index contributed by atoms with van der Waals surface area (Å²) in [5.41, 5.74) is 6.04. The van der Waals surface area contributed by atoms with E-state index in [0.717, 1.165) is 5.56 Å². The molecule has 3 amide bonds. The number of rotatable bonds is 7. The molecule has 0 bridgehead atoms. The van der Waals surface area contributed by atoms with Crippen LogP contribution in [0.5, 0.6) is 5.75 Å². The first-order chi connectivity index (χ1) is 15.0. The lowest BCUT2D eigenvalue weighted by Gasteiger charge is -2.14. The molecule has 2 N–H and O–H groups in total. The second-order valence-electron chi connectivity index (χ2n) is 6.58. The maximum Gasteiger partial charge on any atom is 0.269 e. The summed E-state index contributed by atoms with van der Waals surface area (Å²) in [6.07, 6.45) is 2.32. The number of carbonyl (C=O) groups is 3. The van der Waals surface area contributed by atoms with Crippen molar-refractivity contribution in [2.45, 2.75) is 12.8 Å². The monoisotopic (exact) mass is 455 g/mol. The van der Waals surface area contributed by atoms with Crippen molar-refractivity contribution in [2.75, 3.05) is 13.7 Å². The number of hydrogen-bond donors (Lipinski definition) is 2. The standard InChI is InChI=1S/C22H21N3O4S2/c1-29-17-10-5-7-15(13-17)14-18-21(28)25(22(30)31-18)12-6-11-19(26)23-24-20(27)16-8-3-2-4-9-16/h2-5,7-10,13-14H,6,11-12H2,1H3,(H,23,26)(H,24,27). The van der Waals surface area contributed by atoms with E-state index in [1.54, 1.807) is 43.5 Å². The summed E-state index contributed by atoms with van der Waals surface area (Å²) in [5, 5.41) is 0. The van der Waals surface area contributed by atoms with Gasteiger partial charge in [-0.2, -0.15) is 0 Å². The molecule has 0 aromatic heterocycles. The van der Waals surface area contributed by atoms with Crippen molar-refractivity contribution in [2.24, 2.45) is 0 Å². The number of carbonyl (C=O) groups excluding carboxylic acids is 3. The van der Waals surface area contributed by atoms with Crippen molar-refractivity contribution in [3.63, 3.8) is 0 Å². The molecular weight excluding hydrogens is 434 g/mol. The zero-order chi connectivity index (χ0) is 22.2. The predicted octanol–water partition coefficient (Wildman–Crippen LogP) is 3.14. The van der Waals surface area contributed by atoms with Gasteiger partial charge in [-0.15, -0.1) is 0 Å². The van der Waals surface area contributed by atoms with Gasteiger partial charge in [0.05, 0.1) is 12.0 Å². The third kappa shape index (κ3) is 6.16. The van der Waals surface area contributed by atoms with E-state index < -0.39 is 5.91 Å². The van der Waals surface area contributed by atoms with E-state index in [0.29, 0.717) is 33.5 Å². The average molecular weight is 456 g/mol. The molecule has 2 aromatic carbocycles. The lowest BCUT2D eigenvalue weighted by molar-refractivity contribution is -0.124. The molecule has 1 saturated heterocycles. The highest BCUT2D eigenvalue weighted by atomic mass is 32.2. The summed E-state index contributed by atoms with van der Waals surface area (Å²) >= 11 is 6.55. The van der Waals surface area contributed by atoms with Gasteiger partial charge in [-0.1, -0.05) is 54.3 Å². The van der Waals surface area contributed by atoms with Gasteiger partial charge in [0.1, 0.15) is 10.1 Å². The van der Waals surface area contributed by atoms with Crippen molar-refractivity contribution in [1.82, 2.24) is 15.8 Å². The minimum absolute atomic E-state index is 0.140. The Morgan fingerprint density at radius 3 is 2.65 bits per heavy atom. The highest BCUT2D eigenvalue weighted by Gasteiger charge is 2.31. The van der Waals surface area contributed by atoms with E-state index in [1.165, 1.54) is 16.7 Å². The SMILES string of the molecule is COc1cccc(C=C2SC(=S)N(CCCC(=O)NNC(=O)c3ccccc3)C2=O)c1. The number of benzene rings is 2. The smallest absolute Gasteiger partial charge is 0.269 e. The van der Waals surface area contributed by atoms with E-state index in [9.17, 15) is 14.4 Å². The molecule has 9 heteroatoms. The van der Waals surface area contributed by atoms with E-state index in [2.05, 4.69) is 10.9 Å². The van der Waals surface area contributed by atoms with E-state index in [4.69, 9.17) is 17.0 Å². The molecule has 0 unspecified atom stereocenters. The summed E-state index contributed by atoms with van der Waals surface area (Å²) in [4.78, 5) is 38.6. The second kappa shape index (κ2) is 10.7. The predicted molar refractivity (Wildman–Crippen MR) is 124 cm³/mol. The number of methoxy groups -OCH3 is 1. The van der Waals surface area contributed by atoms with Crippen LogP contribution in [-0.2, 0) is 9.59 Å². The summed E-state index contributed by atoms with van der Waals surface area (Å²) in [6.45, 7) is 0.320. The fourth-order valence-electron chi connectivity index (χ4n) is 2.82. The quantitative estimate of drug-likeness (QED) is 0.379. The van der Waals surface area contributed by atoms with Gasteiger partial charge in [0.15, 0.2) is 0 Å². The second-order valence-corrected chi connectivity index (χ2v) is 8.26. The molecule has 2 aromatic rings. The molecule has 1 aliphatic heterocycles. The highest BCUT2D eigenvalue weighted by molar-refractivity contribution is 8.26. The lowest BCUT2D eigenvalue weighted by Crippen LogP contribution is -2.41. The number of thiocarbonyl (C=S) groups is 1. The molecule has 1 aliphatic rings. The van der Waals surface area contributed by atoms with Crippen LogP contribution in [0.3, 0.4) is 0 Å². The highest BCUT2D eigenvalue weighted by Crippen LogP contribution is 2.33. The Bertz CT molecular complexity index is 1020. The third-order valence-electron chi connectivity index (χ3n) is 4.40. The van der Waals surface area contributed by atoms with Gasteiger partial charge in [0.2, 0.25) is 5.91 Å². The Kier molecular flexibility index (Phi) is 7.80.